The van der Waals surface area contributed by atoms with Crippen LogP contribution in [0.3, 0.4) is 0 Å². The molecule has 5 nitrogen and oxygen atoms in total. The minimum Gasteiger partial charge on any atom is -0.325 e. The van der Waals surface area contributed by atoms with E-state index in [1.807, 2.05) is 26.0 Å². The Morgan fingerprint density at radius 2 is 1.91 bits per heavy atom. The third-order valence-corrected chi connectivity index (χ3v) is 4.45. The van der Waals surface area contributed by atoms with Crippen molar-refractivity contribution in [1.82, 2.24) is 9.97 Å². The summed E-state index contributed by atoms with van der Waals surface area (Å²) in [5, 5.41) is 3.38. The number of H-pyrrole nitrogens is 1. The molecule has 0 bridgehead atoms. The number of aryl methyl sites for hydroxylation is 3. The maximum Gasteiger partial charge on any atom is 0.251 e. The topological polar surface area (TPSA) is 74.8 Å². The van der Waals surface area contributed by atoms with Crippen LogP contribution in [-0.2, 0) is 4.79 Å². The van der Waals surface area contributed by atoms with E-state index in [9.17, 15) is 9.59 Å². The van der Waals surface area contributed by atoms with Gasteiger partial charge in [-0.15, -0.1) is 0 Å². The Morgan fingerprint density at radius 3 is 2.50 bits per heavy atom. The molecular formula is C15H16IN3O2S. The first-order chi connectivity index (χ1) is 10.3. The van der Waals surface area contributed by atoms with E-state index >= 15 is 0 Å². The fourth-order valence-corrected chi connectivity index (χ4v) is 3.69. The number of hydrogen-bond donors (Lipinski definition) is 2. The lowest BCUT2D eigenvalue weighted by Crippen LogP contribution is -2.17. The molecule has 2 N–H and O–H groups in total. The SMILES string of the molecule is Cc1cc(=O)[nH]c(SCC(=O)Nc2c(C)cc(I)cc2C)n1. The lowest BCUT2D eigenvalue weighted by atomic mass is 10.1. The van der Waals surface area contributed by atoms with Crippen LogP contribution in [0.25, 0.3) is 0 Å². The zero-order valence-electron chi connectivity index (χ0n) is 12.5. The summed E-state index contributed by atoms with van der Waals surface area (Å²) < 4.78 is 1.14. The summed E-state index contributed by atoms with van der Waals surface area (Å²) in [6, 6.07) is 5.47. The second-order valence-corrected chi connectivity index (χ2v) is 7.15. The Bertz CT molecular complexity index is 751. The number of benzene rings is 1. The molecule has 0 radical (unpaired) electrons. The molecule has 1 aromatic heterocycles. The van der Waals surface area contributed by atoms with Crippen molar-refractivity contribution in [3.05, 3.63) is 48.9 Å². The predicted octanol–water partition coefficient (Wildman–Crippen LogP) is 3.03. The molecule has 22 heavy (non-hydrogen) atoms. The minimum absolute atomic E-state index is 0.124. The highest BCUT2D eigenvalue weighted by atomic mass is 127. The first kappa shape index (κ1) is 17.0. The van der Waals surface area contributed by atoms with Crippen molar-refractivity contribution in [3.63, 3.8) is 0 Å². The molecule has 7 heteroatoms. The smallest absolute Gasteiger partial charge is 0.251 e. The van der Waals surface area contributed by atoms with Crippen molar-refractivity contribution in [1.29, 1.82) is 0 Å². The van der Waals surface area contributed by atoms with Gasteiger partial charge in [0.2, 0.25) is 5.91 Å². The lowest BCUT2D eigenvalue weighted by Gasteiger charge is -2.12. The van der Waals surface area contributed by atoms with Crippen molar-refractivity contribution in [2.24, 2.45) is 0 Å². The first-order valence-corrected chi connectivity index (χ1v) is 8.69. The van der Waals surface area contributed by atoms with Crippen LogP contribution in [0.2, 0.25) is 0 Å². The summed E-state index contributed by atoms with van der Waals surface area (Å²) in [5.74, 6) is 0.0682. The van der Waals surface area contributed by atoms with Gasteiger partial charge in [-0.25, -0.2) is 4.98 Å². The van der Waals surface area contributed by atoms with E-state index in [1.165, 1.54) is 17.8 Å². The van der Waals surface area contributed by atoms with Gasteiger partial charge >= 0.3 is 0 Å². The first-order valence-electron chi connectivity index (χ1n) is 6.62. The number of aromatic amines is 1. The number of carbonyl (C=O) groups excluding carboxylic acids is 1. The Balaban J connectivity index is 2.03. The normalized spacial score (nSPS) is 10.5. The van der Waals surface area contributed by atoms with Gasteiger partial charge in [0.25, 0.3) is 5.56 Å². The van der Waals surface area contributed by atoms with Crippen LogP contribution in [0, 0.1) is 24.3 Å². The number of anilines is 1. The molecule has 0 aliphatic heterocycles. The number of rotatable bonds is 4. The van der Waals surface area contributed by atoms with Crippen LogP contribution in [-0.4, -0.2) is 21.6 Å². The molecule has 1 heterocycles. The van der Waals surface area contributed by atoms with Crippen molar-refractivity contribution in [2.45, 2.75) is 25.9 Å². The van der Waals surface area contributed by atoms with Crippen molar-refractivity contribution in [2.75, 3.05) is 11.1 Å². The van der Waals surface area contributed by atoms with Gasteiger partial charge in [0, 0.05) is 21.0 Å². The van der Waals surface area contributed by atoms with Crippen LogP contribution in [0.4, 0.5) is 5.69 Å². The Labute approximate surface area is 146 Å². The number of aromatic nitrogens is 2. The van der Waals surface area contributed by atoms with Gasteiger partial charge in [0.1, 0.15) is 0 Å². The monoisotopic (exact) mass is 429 g/mol. The second-order valence-electron chi connectivity index (χ2n) is 4.94. The highest BCUT2D eigenvalue weighted by Crippen LogP contribution is 2.23. The molecule has 0 unspecified atom stereocenters. The number of nitrogens with one attached hydrogen (secondary N) is 2. The number of thioether (sulfide) groups is 1. The number of hydrogen-bond acceptors (Lipinski definition) is 4. The largest absolute Gasteiger partial charge is 0.325 e. The Kier molecular flexibility index (Phi) is 5.63. The molecule has 0 aliphatic carbocycles. The molecule has 116 valence electrons. The second kappa shape index (κ2) is 7.28. The molecule has 0 fully saturated rings. The molecule has 1 aromatic carbocycles. The number of amides is 1. The van der Waals surface area contributed by atoms with Crippen LogP contribution in [0.5, 0.6) is 0 Å². The quantitative estimate of drug-likeness (QED) is 0.445. The van der Waals surface area contributed by atoms with Crippen LogP contribution in [0.15, 0.2) is 28.2 Å². The van der Waals surface area contributed by atoms with E-state index < -0.39 is 0 Å². The van der Waals surface area contributed by atoms with E-state index in [2.05, 4.69) is 37.9 Å². The predicted molar refractivity (Wildman–Crippen MR) is 97.6 cm³/mol. The average Bonchev–Trinajstić information content (AvgIpc) is 2.39. The third-order valence-electron chi connectivity index (χ3n) is 2.95. The fraction of sp³-hybridized carbons (Fsp3) is 0.267. The van der Waals surface area contributed by atoms with E-state index in [-0.39, 0.29) is 17.2 Å². The van der Waals surface area contributed by atoms with E-state index in [4.69, 9.17) is 0 Å². The molecular weight excluding hydrogens is 413 g/mol. The summed E-state index contributed by atoms with van der Waals surface area (Å²) in [4.78, 5) is 30.2. The minimum atomic E-state index is -0.209. The van der Waals surface area contributed by atoms with Gasteiger partial charge in [-0.05, 0) is 66.6 Å². The summed E-state index contributed by atoms with van der Waals surface area (Å²) in [6.07, 6.45) is 0. The van der Waals surface area contributed by atoms with Gasteiger partial charge in [-0.3, -0.25) is 9.59 Å². The lowest BCUT2D eigenvalue weighted by molar-refractivity contribution is -0.113. The highest BCUT2D eigenvalue weighted by molar-refractivity contribution is 14.1. The molecule has 0 saturated heterocycles. The standard InChI is InChI=1S/C15H16IN3O2S/c1-8-4-11(16)5-9(2)14(8)18-13(21)7-22-15-17-10(3)6-12(20)19-15/h4-6H,7H2,1-3H3,(H,18,21)(H,17,19,20). The number of halogens is 1. The molecule has 0 aliphatic rings. The third kappa shape index (κ3) is 4.57. The summed E-state index contributed by atoms with van der Waals surface area (Å²) in [5.41, 5.74) is 3.34. The molecule has 1 amide bonds. The van der Waals surface area contributed by atoms with E-state index in [1.54, 1.807) is 6.92 Å². The van der Waals surface area contributed by atoms with Gasteiger partial charge in [-0.2, -0.15) is 0 Å². The maximum absolute atomic E-state index is 12.1. The van der Waals surface area contributed by atoms with Gasteiger partial charge in [0.05, 0.1) is 5.75 Å². The molecule has 0 saturated carbocycles. The van der Waals surface area contributed by atoms with E-state index in [0.717, 1.165) is 20.4 Å². The number of carbonyl (C=O) groups is 1. The van der Waals surface area contributed by atoms with Gasteiger partial charge in [0.15, 0.2) is 5.16 Å². The zero-order chi connectivity index (χ0) is 16.3. The molecule has 2 aromatic rings. The van der Waals surface area contributed by atoms with Crippen LogP contribution >= 0.6 is 34.4 Å². The number of nitrogens with zero attached hydrogens (tertiary/aromatic N) is 1. The zero-order valence-corrected chi connectivity index (χ0v) is 15.5. The maximum atomic E-state index is 12.1. The molecule has 2 rings (SSSR count). The summed E-state index contributed by atoms with van der Waals surface area (Å²) in [6.45, 7) is 5.69. The summed E-state index contributed by atoms with van der Waals surface area (Å²) in [7, 11) is 0. The van der Waals surface area contributed by atoms with Crippen molar-refractivity contribution in [3.8, 4) is 0 Å². The Hall–Kier alpha value is -1.35. The van der Waals surface area contributed by atoms with Crippen molar-refractivity contribution >= 4 is 45.9 Å². The Morgan fingerprint density at radius 1 is 1.27 bits per heavy atom. The van der Waals surface area contributed by atoms with E-state index in [0.29, 0.717) is 10.9 Å². The van der Waals surface area contributed by atoms with Gasteiger partial charge in [-0.1, -0.05) is 11.8 Å². The molecule has 0 spiro atoms. The van der Waals surface area contributed by atoms with Crippen molar-refractivity contribution < 1.29 is 4.79 Å². The van der Waals surface area contributed by atoms with Crippen LogP contribution < -0.4 is 10.9 Å². The highest BCUT2D eigenvalue weighted by Gasteiger charge is 2.10. The van der Waals surface area contributed by atoms with Crippen LogP contribution in [0.1, 0.15) is 16.8 Å². The summed E-state index contributed by atoms with van der Waals surface area (Å²) >= 11 is 3.46. The fourth-order valence-electron chi connectivity index (χ4n) is 2.04. The van der Waals surface area contributed by atoms with Gasteiger partial charge < -0.3 is 10.3 Å². The average molecular weight is 429 g/mol. The molecule has 0 atom stereocenters.